The Hall–Kier alpha value is -1.70. The second-order valence-electron chi connectivity index (χ2n) is 7.16. The Morgan fingerprint density at radius 2 is 2.19 bits per heavy atom. The zero-order chi connectivity index (χ0) is 19.7. The van der Waals surface area contributed by atoms with Gasteiger partial charge in [0.1, 0.15) is 0 Å². The van der Waals surface area contributed by atoms with Crippen LogP contribution in [0.2, 0.25) is 5.02 Å². The van der Waals surface area contributed by atoms with Crippen LogP contribution in [0.15, 0.2) is 24.4 Å². The smallest absolute Gasteiger partial charge is 0.253 e. The highest BCUT2D eigenvalue weighted by molar-refractivity contribution is 6.36. The molecule has 148 valence electrons. The number of carbonyl (C=O) groups excluding carboxylic acids is 1. The predicted molar refractivity (Wildman–Crippen MR) is 99.5 cm³/mol. The Kier molecular flexibility index (Phi) is 5.74. The second kappa shape index (κ2) is 7.73. The van der Waals surface area contributed by atoms with Gasteiger partial charge in [-0.2, -0.15) is 0 Å². The summed E-state index contributed by atoms with van der Waals surface area (Å²) in [7, 11) is 1.59. The zero-order valence-corrected chi connectivity index (χ0v) is 15.9. The number of alkyl halides is 2. The molecule has 1 amide bonds. The molecule has 1 atom stereocenters. The molecule has 1 aliphatic rings. The highest BCUT2D eigenvalue weighted by Gasteiger charge is 2.44. The first kappa shape index (κ1) is 20.0. The molecule has 1 aromatic carbocycles. The van der Waals surface area contributed by atoms with E-state index in [4.69, 9.17) is 16.3 Å². The first-order valence-electron chi connectivity index (χ1n) is 8.89. The maximum atomic E-state index is 13.6. The van der Waals surface area contributed by atoms with Crippen molar-refractivity contribution >= 4 is 28.4 Å². The van der Waals surface area contributed by atoms with Crippen LogP contribution in [0, 0.1) is 0 Å². The van der Waals surface area contributed by atoms with Gasteiger partial charge in [-0.25, -0.2) is 8.78 Å². The topological polar surface area (TPSA) is 63.5 Å². The fourth-order valence-electron chi connectivity index (χ4n) is 3.68. The van der Waals surface area contributed by atoms with Crippen LogP contribution in [-0.2, 0) is 11.3 Å². The van der Waals surface area contributed by atoms with Crippen LogP contribution in [-0.4, -0.2) is 47.4 Å². The largest absolute Gasteiger partial charge is 0.388 e. The SMILES string of the molecule is COCCn1cc(C(=O)NC[C@]2(O)CCCC(F)(F)C2)c2c(Cl)cccc21. The molecule has 8 heteroatoms. The molecular formula is C19H23ClF2N2O3. The van der Waals surface area contributed by atoms with Crippen LogP contribution in [0.3, 0.4) is 0 Å². The lowest BCUT2D eigenvalue weighted by molar-refractivity contribution is -0.121. The quantitative estimate of drug-likeness (QED) is 0.778. The van der Waals surface area contributed by atoms with Crippen LogP contribution in [0.25, 0.3) is 10.9 Å². The Bertz CT molecular complexity index is 840. The molecule has 5 nitrogen and oxygen atoms in total. The number of benzene rings is 1. The number of nitrogens with one attached hydrogen (secondary N) is 1. The number of ether oxygens (including phenoxy) is 1. The molecular weight excluding hydrogens is 378 g/mol. The van der Waals surface area contributed by atoms with Crippen molar-refractivity contribution in [3.8, 4) is 0 Å². The van der Waals surface area contributed by atoms with Gasteiger partial charge in [-0.05, 0) is 25.0 Å². The molecule has 1 heterocycles. The van der Waals surface area contributed by atoms with Gasteiger partial charge in [-0.3, -0.25) is 4.79 Å². The van der Waals surface area contributed by atoms with Crippen molar-refractivity contribution < 1.29 is 23.4 Å². The monoisotopic (exact) mass is 400 g/mol. The molecule has 0 radical (unpaired) electrons. The number of aromatic nitrogens is 1. The lowest BCUT2D eigenvalue weighted by Gasteiger charge is -2.36. The summed E-state index contributed by atoms with van der Waals surface area (Å²) in [6.07, 6.45) is 1.26. The summed E-state index contributed by atoms with van der Waals surface area (Å²) in [5.74, 6) is -3.36. The van der Waals surface area contributed by atoms with E-state index in [1.165, 1.54) is 0 Å². The van der Waals surface area contributed by atoms with Gasteiger partial charge >= 0.3 is 0 Å². The second-order valence-corrected chi connectivity index (χ2v) is 7.56. The third kappa shape index (κ3) is 4.42. The fourth-order valence-corrected chi connectivity index (χ4v) is 3.95. The number of fused-ring (bicyclic) bond motifs is 1. The maximum Gasteiger partial charge on any atom is 0.253 e. The van der Waals surface area contributed by atoms with Crippen LogP contribution < -0.4 is 5.32 Å². The summed E-state index contributed by atoms with van der Waals surface area (Å²) in [5.41, 5.74) is -0.471. The van der Waals surface area contributed by atoms with Gasteiger partial charge in [0.25, 0.3) is 11.8 Å². The van der Waals surface area contributed by atoms with Gasteiger partial charge < -0.3 is 19.7 Å². The first-order chi connectivity index (χ1) is 12.7. The van der Waals surface area contributed by atoms with E-state index in [1.807, 2.05) is 10.6 Å². The molecule has 0 aliphatic heterocycles. The average Bonchev–Trinajstić information content (AvgIpc) is 2.97. The van der Waals surface area contributed by atoms with Crippen molar-refractivity contribution in [2.24, 2.45) is 0 Å². The summed E-state index contributed by atoms with van der Waals surface area (Å²) in [6.45, 7) is 0.777. The van der Waals surface area contributed by atoms with E-state index in [9.17, 15) is 18.7 Å². The number of methoxy groups -OCH3 is 1. The van der Waals surface area contributed by atoms with Crippen molar-refractivity contribution in [3.05, 3.63) is 35.0 Å². The molecule has 1 fully saturated rings. The minimum Gasteiger partial charge on any atom is -0.388 e. The molecule has 1 saturated carbocycles. The summed E-state index contributed by atoms with van der Waals surface area (Å²) in [5, 5.41) is 14.1. The third-order valence-electron chi connectivity index (χ3n) is 4.99. The van der Waals surface area contributed by atoms with Gasteiger partial charge in [0.05, 0.1) is 28.3 Å². The van der Waals surface area contributed by atoms with Gasteiger partial charge in [0.2, 0.25) is 0 Å². The van der Waals surface area contributed by atoms with E-state index in [-0.39, 0.29) is 25.8 Å². The number of nitrogens with zero attached hydrogens (tertiary/aromatic N) is 1. The van der Waals surface area contributed by atoms with E-state index >= 15 is 0 Å². The maximum absolute atomic E-state index is 13.6. The van der Waals surface area contributed by atoms with Gasteiger partial charge in [0.15, 0.2) is 0 Å². The van der Waals surface area contributed by atoms with Crippen molar-refractivity contribution in [1.82, 2.24) is 9.88 Å². The van der Waals surface area contributed by atoms with E-state index in [0.717, 1.165) is 5.52 Å². The molecule has 27 heavy (non-hydrogen) atoms. The zero-order valence-electron chi connectivity index (χ0n) is 15.1. The van der Waals surface area contributed by atoms with Crippen LogP contribution >= 0.6 is 11.6 Å². The average molecular weight is 401 g/mol. The van der Waals surface area contributed by atoms with Crippen LogP contribution in [0.4, 0.5) is 8.78 Å². The lowest BCUT2D eigenvalue weighted by Crippen LogP contribution is -2.49. The number of carbonyl (C=O) groups is 1. The Labute approximate surface area is 161 Å². The van der Waals surface area contributed by atoms with Crippen LogP contribution in [0.5, 0.6) is 0 Å². The number of hydrogen-bond acceptors (Lipinski definition) is 3. The summed E-state index contributed by atoms with van der Waals surface area (Å²) < 4.78 is 34.2. The number of rotatable bonds is 6. The fraction of sp³-hybridized carbons (Fsp3) is 0.526. The van der Waals surface area contributed by atoms with Crippen molar-refractivity contribution in [2.75, 3.05) is 20.3 Å². The number of aliphatic hydroxyl groups is 1. The Balaban J connectivity index is 1.81. The highest BCUT2D eigenvalue weighted by atomic mass is 35.5. The molecule has 0 saturated heterocycles. The minimum absolute atomic E-state index is 0.224. The Morgan fingerprint density at radius 1 is 1.41 bits per heavy atom. The van der Waals surface area contributed by atoms with E-state index in [0.29, 0.717) is 29.1 Å². The summed E-state index contributed by atoms with van der Waals surface area (Å²) >= 11 is 6.29. The van der Waals surface area contributed by atoms with Gasteiger partial charge in [0, 0.05) is 44.6 Å². The van der Waals surface area contributed by atoms with Gasteiger partial charge in [-0.1, -0.05) is 17.7 Å². The molecule has 2 N–H and O–H groups in total. The van der Waals surface area contributed by atoms with E-state index < -0.39 is 23.9 Å². The molecule has 1 aliphatic carbocycles. The third-order valence-corrected chi connectivity index (χ3v) is 5.30. The predicted octanol–water partition coefficient (Wildman–Crippen LogP) is 3.61. The Morgan fingerprint density at radius 3 is 2.89 bits per heavy atom. The molecule has 0 bridgehead atoms. The van der Waals surface area contributed by atoms with Crippen molar-refractivity contribution in [3.63, 3.8) is 0 Å². The van der Waals surface area contributed by atoms with E-state index in [2.05, 4.69) is 5.32 Å². The lowest BCUT2D eigenvalue weighted by atomic mass is 9.82. The highest BCUT2D eigenvalue weighted by Crippen LogP contribution is 2.39. The molecule has 3 rings (SSSR count). The van der Waals surface area contributed by atoms with Crippen LogP contribution in [0.1, 0.15) is 36.0 Å². The van der Waals surface area contributed by atoms with Crippen molar-refractivity contribution in [1.29, 1.82) is 0 Å². The number of hydrogen-bond donors (Lipinski definition) is 2. The van der Waals surface area contributed by atoms with E-state index in [1.54, 1.807) is 25.4 Å². The normalized spacial score (nSPS) is 22.1. The number of amides is 1. The summed E-state index contributed by atoms with van der Waals surface area (Å²) in [6, 6.07) is 5.34. The molecule has 0 unspecified atom stereocenters. The molecule has 0 spiro atoms. The standard InChI is InChI=1S/C19H23ClF2N2O3/c1-27-9-8-24-10-13(16-14(20)4-2-5-15(16)24)17(25)23-12-18(26)6-3-7-19(21,22)11-18/h2,4-5,10,26H,3,6-9,11-12H2,1H3,(H,23,25)/t18-/m0/s1. The summed E-state index contributed by atoms with van der Waals surface area (Å²) in [4.78, 5) is 12.7. The minimum atomic E-state index is -2.91. The first-order valence-corrected chi connectivity index (χ1v) is 9.27. The van der Waals surface area contributed by atoms with Gasteiger partial charge in [-0.15, -0.1) is 0 Å². The number of halogens is 3. The molecule has 2 aromatic rings. The molecule has 1 aromatic heterocycles. The van der Waals surface area contributed by atoms with Crippen molar-refractivity contribution in [2.45, 2.75) is 43.8 Å².